The molecule has 0 aliphatic heterocycles. The van der Waals surface area contributed by atoms with Crippen molar-refractivity contribution in [3.8, 4) is 11.1 Å². The van der Waals surface area contributed by atoms with Crippen LogP contribution in [0, 0.1) is 13.8 Å². The number of benzene rings is 2. The molecule has 37 heavy (non-hydrogen) atoms. The lowest BCUT2D eigenvalue weighted by Gasteiger charge is -2.27. The number of hydrogen-bond acceptors (Lipinski definition) is 5. The van der Waals surface area contributed by atoms with Crippen LogP contribution in [0.3, 0.4) is 0 Å². The molecular weight excluding hydrogens is 484 g/mol. The van der Waals surface area contributed by atoms with Crippen LogP contribution in [-0.4, -0.2) is 30.0 Å². The van der Waals surface area contributed by atoms with Crippen LogP contribution < -0.4 is 21.1 Å². The lowest BCUT2D eigenvalue weighted by molar-refractivity contribution is -0.111. The summed E-state index contributed by atoms with van der Waals surface area (Å²) in [5, 5.41) is 6.13. The van der Waals surface area contributed by atoms with Gasteiger partial charge in [-0.2, -0.15) is 0 Å². The van der Waals surface area contributed by atoms with E-state index in [4.69, 9.17) is 0 Å². The first-order chi connectivity index (χ1) is 17.7. The topological polar surface area (TPSA) is 83.4 Å². The van der Waals surface area contributed by atoms with E-state index >= 15 is 0 Å². The number of anilines is 3. The minimum Gasteiger partial charge on any atom is -0.352 e. The number of carbonyl (C=O) groups is 2. The predicted octanol–water partition coefficient (Wildman–Crippen LogP) is 5.53. The first-order valence-electron chi connectivity index (χ1n) is 11.9. The molecule has 0 saturated heterocycles. The number of nitrogens with one attached hydrogen (secondary N) is 2. The lowest BCUT2D eigenvalue weighted by atomic mass is 10.0. The molecule has 0 aliphatic carbocycles. The van der Waals surface area contributed by atoms with Crippen molar-refractivity contribution in [2.24, 2.45) is 7.05 Å². The number of pyridine rings is 1. The molecule has 8 heteroatoms. The maximum Gasteiger partial charge on any atom is 0.261 e. The van der Waals surface area contributed by atoms with Crippen LogP contribution in [0.4, 0.5) is 17.1 Å². The number of aryl methyl sites for hydroxylation is 3. The van der Waals surface area contributed by atoms with Crippen LogP contribution in [0.1, 0.15) is 27.7 Å². The monoisotopic (exact) mass is 514 g/mol. The maximum atomic E-state index is 13.0. The van der Waals surface area contributed by atoms with Gasteiger partial charge in [-0.15, -0.1) is 11.3 Å². The molecule has 7 nitrogen and oxygen atoms in total. The van der Waals surface area contributed by atoms with Gasteiger partial charge in [0.15, 0.2) is 0 Å². The summed E-state index contributed by atoms with van der Waals surface area (Å²) >= 11 is 1.29. The summed E-state index contributed by atoms with van der Waals surface area (Å²) in [5.41, 5.74) is 6.24. The first kappa shape index (κ1) is 25.9. The smallest absolute Gasteiger partial charge is 0.261 e. The molecule has 0 aliphatic rings. The number of nitrogens with zero attached hydrogens (tertiary/aromatic N) is 2. The Hall–Kier alpha value is -4.17. The number of hydrogen-bond donors (Lipinski definition) is 2. The third-order valence-corrected chi connectivity index (χ3v) is 7.45. The van der Waals surface area contributed by atoms with Gasteiger partial charge in [0.1, 0.15) is 0 Å². The van der Waals surface area contributed by atoms with Crippen LogP contribution in [0.15, 0.2) is 66.1 Å². The van der Waals surface area contributed by atoms with Crippen molar-refractivity contribution in [2.45, 2.75) is 20.8 Å². The van der Waals surface area contributed by atoms with Gasteiger partial charge in [0.05, 0.1) is 15.0 Å². The highest BCUT2D eigenvalue weighted by atomic mass is 32.1. The van der Waals surface area contributed by atoms with Crippen LogP contribution in [0.5, 0.6) is 0 Å². The summed E-state index contributed by atoms with van der Waals surface area (Å²) in [6.07, 6.45) is 3.01. The highest BCUT2D eigenvalue weighted by Crippen LogP contribution is 2.42. The van der Waals surface area contributed by atoms with Gasteiger partial charge in [0.2, 0.25) is 5.91 Å². The molecule has 0 unspecified atom stereocenters. The van der Waals surface area contributed by atoms with Crippen molar-refractivity contribution in [3.05, 3.63) is 87.7 Å². The number of para-hydroxylation sites is 1. The Morgan fingerprint density at radius 3 is 2.46 bits per heavy atom. The number of amides is 2. The fourth-order valence-corrected chi connectivity index (χ4v) is 5.66. The maximum absolute atomic E-state index is 13.0. The lowest BCUT2D eigenvalue weighted by Crippen LogP contribution is -2.21. The van der Waals surface area contributed by atoms with Crippen molar-refractivity contribution in [2.75, 3.05) is 23.8 Å². The molecule has 190 valence electrons. The molecule has 4 aromatic rings. The molecule has 0 atom stereocenters. The zero-order chi connectivity index (χ0) is 26.9. The molecule has 2 amide bonds. The van der Waals surface area contributed by atoms with Crippen LogP contribution >= 0.6 is 11.3 Å². The second-order valence-electron chi connectivity index (χ2n) is 8.90. The van der Waals surface area contributed by atoms with E-state index in [1.54, 1.807) is 19.3 Å². The minimum absolute atomic E-state index is 0.175. The third-order valence-electron chi connectivity index (χ3n) is 6.29. The van der Waals surface area contributed by atoms with E-state index in [1.807, 2.05) is 38.2 Å². The Morgan fingerprint density at radius 2 is 1.81 bits per heavy atom. The summed E-state index contributed by atoms with van der Waals surface area (Å²) in [4.78, 5) is 40.3. The Labute approximate surface area is 220 Å². The van der Waals surface area contributed by atoms with E-state index < -0.39 is 0 Å². The number of fused-ring (bicyclic) bond motifs is 1. The standard InChI is InChI=1S/C29H30N4O3S/c1-7-25(34)31-19-12-13-23(33(6)26-17(3)10-9-11-18(26)4)20(14-19)22-16-32(5)29(36)21-15-24(37-27(21)22)28(35)30-8-2/h7,9-16H,1,8H2,2-6H3,(H,30,35)(H,31,34). The molecule has 0 spiro atoms. The van der Waals surface area contributed by atoms with Crippen LogP contribution in [0.2, 0.25) is 0 Å². The molecule has 2 aromatic heterocycles. The summed E-state index contributed by atoms with van der Waals surface area (Å²) in [5.74, 6) is -0.529. The van der Waals surface area contributed by atoms with Gasteiger partial charge in [-0.25, -0.2) is 0 Å². The molecule has 2 aromatic carbocycles. The zero-order valence-electron chi connectivity index (χ0n) is 21.6. The largest absolute Gasteiger partial charge is 0.352 e. The fraction of sp³-hybridized carbons (Fsp3) is 0.207. The molecule has 0 bridgehead atoms. The summed E-state index contributed by atoms with van der Waals surface area (Å²) < 4.78 is 2.25. The molecule has 4 rings (SSSR count). The van der Waals surface area contributed by atoms with Gasteiger partial charge < -0.3 is 20.1 Å². The molecular formula is C29H30N4O3S. The van der Waals surface area contributed by atoms with E-state index in [-0.39, 0.29) is 17.4 Å². The molecule has 0 radical (unpaired) electrons. The Balaban J connectivity index is 2.02. The van der Waals surface area contributed by atoms with Gasteiger partial charge >= 0.3 is 0 Å². The SMILES string of the molecule is C=CC(=O)Nc1ccc(N(C)c2c(C)cccc2C)c(-c2cn(C)c(=O)c3cc(C(=O)NCC)sc23)c1. The predicted molar refractivity (Wildman–Crippen MR) is 153 cm³/mol. The van der Waals surface area contributed by atoms with E-state index in [9.17, 15) is 14.4 Å². The van der Waals surface area contributed by atoms with Gasteiger partial charge in [-0.1, -0.05) is 24.8 Å². The van der Waals surface area contributed by atoms with Gasteiger partial charge in [-0.3, -0.25) is 14.4 Å². The summed E-state index contributed by atoms with van der Waals surface area (Å²) in [6, 6.07) is 13.5. The normalized spacial score (nSPS) is 10.8. The zero-order valence-corrected chi connectivity index (χ0v) is 22.5. The Bertz CT molecular complexity index is 1580. The number of aromatic nitrogens is 1. The van der Waals surface area contributed by atoms with Crippen molar-refractivity contribution in [1.29, 1.82) is 0 Å². The number of thiophene rings is 1. The first-order valence-corrected chi connectivity index (χ1v) is 12.8. The van der Waals surface area contributed by atoms with Gasteiger partial charge in [-0.05, 0) is 62.2 Å². The molecule has 2 heterocycles. The molecule has 0 fully saturated rings. The third kappa shape index (κ3) is 4.93. The molecule has 2 N–H and O–H groups in total. The second-order valence-corrected chi connectivity index (χ2v) is 9.95. The fourth-order valence-electron chi connectivity index (χ4n) is 4.57. The van der Waals surface area contributed by atoms with Gasteiger partial charge in [0, 0.05) is 55.0 Å². The quantitative estimate of drug-likeness (QED) is 0.318. The van der Waals surface area contributed by atoms with Crippen molar-refractivity contribution in [3.63, 3.8) is 0 Å². The summed E-state index contributed by atoms with van der Waals surface area (Å²) in [7, 11) is 3.71. The van der Waals surface area contributed by atoms with E-state index in [0.29, 0.717) is 27.2 Å². The second kappa shape index (κ2) is 10.4. The molecule has 0 saturated carbocycles. The van der Waals surface area contributed by atoms with Crippen molar-refractivity contribution in [1.82, 2.24) is 9.88 Å². The number of carbonyl (C=O) groups excluding carboxylic acids is 2. The van der Waals surface area contributed by atoms with E-state index in [2.05, 4.69) is 48.1 Å². The number of rotatable bonds is 7. The van der Waals surface area contributed by atoms with E-state index in [0.717, 1.165) is 33.6 Å². The Kier molecular flexibility index (Phi) is 7.31. The van der Waals surface area contributed by atoms with Crippen LogP contribution in [-0.2, 0) is 11.8 Å². The minimum atomic E-state index is -0.318. The Morgan fingerprint density at radius 1 is 1.11 bits per heavy atom. The highest BCUT2D eigenvalue weighted by Gasteiger charge is 2.21. The van der Waals surface area contributed by atoms with E-state index in [1.165, 1.54) is 22.0 Å². The highest BCUT2D eigenvalue weighted by molar-refractivity contribution is 7.21. The van der Waals surface area contributed by atoms with Crippen molar-refractivity contribution >= 4 is 50.3 Å². The average Bonchev–Trinajstić information content (AvgIpc) is 3.32. The average molecular weight is 515 g/mol. The van der Waals surface area contributed by atoms with Crippen molar-refractivity contribution < 1.29 is 9.59 Å². The van der Waals surface area contributed by atoms with Crippen LogP contribution in [0.25, 0.3) is 21.2 Å². The van der Waals surface area contributed by atoms with Gasteiger partial charge in [0.25, 0.3) is 11.5 Å². The summed E-state index contributed by atoms with van der Waals surface area (Å²) in [6.45, 7) is 10.0.